The molecule has 0 spiro atoms. The van der Waals surface area contributed by atoms with Crippen molar-refractivity contribution < 1.29 is 4.79 Å². The lowest BCUT2D eigenvalue weighted by atomic mass is 9.98. The monoisotopic (exact) mass is 404 g/mol. The van der Waals surface area contributed by atoms with Gasteiger partial charge in [-0.25, -0.2) is 4.98 Å². The summed E-state index contributed by atoms with van der Waals surface area (Å²) in [6.07, 6.45) is 4.35. The molecule has 0 aliphatic carbocycles. The molecule has 3 aromatic rings. The zero-order valence-electron chi connectivity index (χ0n) is 17.1. The average Bonchev–Trinajstić information content (AvgIpc) is 3.33. The number of benzene rings is 1. The van der Waals surface area contributed by atoms with Crippen LogP contribution in [0.5, 0.6) is 0 Å². The van der Waals surface area contributed by atoms with Crippen LogP contribution in [-0.2, 0) is 4.79 Å². The molecule has 1 atom stereocenters. The molecule has 1 amide bonds. The van der Waals surface area contributed by atoms with Gasteiger partial charge in [0.25, 0.3) is 5.91 Å². The number of amides is 1. The predicted molar refractivity (Wildman–Crippen MR) is 118 cm³/mol. The zero-order valence-corrected chi connectivity index (χ0v) is 17.9. The number of thiazole rings is 1. The quantitative estimate of drug-likeness (QED) is 0.429. The number of nitrogens with zero attached hydrogens (tertiary/aromatic N) is 3. The van der Waals surface area contributed by atoms with Crippen molar-refractivity contribution in [2.45, 2.75) is 40.0 Å². The van der Waals surface area contributed by atoms with E-state index in [9.17, 15) is 10.1 Å². The molecule has 2 aromatic heterocycles. The van der Waals surface area contributed by atoms with E-state index in [0.29, 0.717) is 11.0 Å². The lowest BCUT2D eigenvalue weighted by Crippen LogP contribution is -2.13. The van der Waals surface area contributed by atoms with E-state index >= 15 is 0 Å². The van der Waals surface area contributed by atoms with E-state index < -0.39 is 5.91 Å². The van der Waals surface area contributed by atoms with Crippen LogP contribution in [0, 0.1) is 25.2 Å². The second-order valence-electron chi connectivity index (χ2n) is 7.02. The summed E-state index contributed by atoms with van der Waals surface area (Å²) in [5.41, 5.74) is 5.31. The van der Waals surface area contributed by atoms with Gasteiger partial charge in [0.05, 0.1) is 0 Å². The van der Waals surface area contributed by atoms with E-state index in [1.165, 1.54) is 16.9 Å². The molecule has 2 heterocycles. The molecule has 0 radical (unpaired) electrons. The third kappa shape index (κ3) is 4.47. The van der Waals surface area contributed by atoms with Crippen molar-refractivity contribution in [3.05, 3.63) is 70.0 Å². The van der Waals surface area contributed by atoms with Gasteiger partial charge in [0.1, 0.15) is 11.6 Å². The smallest absolute Gasteiger partial charge is 0.268 e. The molecule has 0 fully saturated rings. The summed E-state index contributed by atoms with van der Waals surface area (Å²) in [5.74, 6) is 0.0779. The van der Waals surface area contributed by atoms with Gasteiger partial charge in [0, 0.05) is 28.7 Å². The first kappa shape index (κ1) is 20.6. The average molecular weight is 405 g/mol. The summed E-state index contributed by atoms with van der Waals surface area (Å²) in [6, 6.07) is 12.6. The third-order valence-electron chi connectivity index (χ3n) is 5.12. The van der Waals surface area contributed by atoms with Crippen molar-refractivity contribution in [1.82, 2.24) is 9.55 Å². The second kappa shape index (κ2) is 8.89. The molecule has 0 bridgehead atoms. The van der Waals surface area contributed by atoms with E-state index in [2.05, 4.69) is 53.0 Å². The van der Waals surface area contributed by atoms with Gasteiger partial charge < -0.3 is 4.57 Å². The standard InChI is InChI=1S/C23H24N4OS/c1-5-15(2)18-6-8-21(9-7-18)27-16(3)12-19(17(27)4)13-20(14-24)22(28)26-23-25-10-11-29-23/h6-13,15H,5H2,1-4H3,(H,25,26,28). The maximum absolute atomic E-state index is 12.4. The van der Waals surface area contributed by atoms with Crippen LogP contribution >= 0.6 is 11.3 Å². The van der Waals surface area contributed by atoms with Gasteiger partial charge in [0.15, 0.2) is 5.13 Å². The van der Waals surface area contributed by atoms with E-state index in [-0.39, 0.29) is 5.57 Å². The molecular weight excluding hydrogens is 380 g/mol. The summed E-state index contributed by atoms with van der Waals surface area (Å²) >= 11 is 1.31. The van der Waals surface area contributed by atoms with E-state index in [4.69, 9.17) is 0 Å². The molecule has 6 heteroatoms. The molecule has 0 aliphatic heterocycles. The Morgan fingerprint density at radius 2 is 2.07 bits per heavy atom. The highest BCUT2D eigenvalue weighted by atomic mass is 32.1. The SMILES string of the molecule is CCC(C)c1ccc(-n2c(C)cc(C=C(C#N)C(=O)Nc3nccs3)c2C)cc1. The first-order valence-corrected chi connectivity index (χ1v) is 10.4. The van der Waals surface area contributed by atoms with E-state index in [1.807, 2.05) is 26.0 Å². The van der Waals surface area contributed by atoms with Crippen LogP contribution in [0.15, 0.2) is 47.5 Å². The number of carbonyl (C=O) groups excluding carboxylic acids is 1. The lowest BCUT2D eigenvalue weighted by Gasteiger charge is -2.13. The molecule has 0 aliphatic rings. The molecule has 1 unspecified atom stereocenters. The number of rotatable bonds is 6. The molecule has 5 nitrogen and oxygen atoms in total. The Balaban J connectivity index is 1.91. The van der Waals surface area contributed by atoms with Crippen molar-refractivity contribution in [3.63, 3.8) is 0 Å². The minimum Gasteiger partial charge on any atom is -0.318 e. The van der Waals surface area contributed by atoms with Crippen LogP contribution in [0.25, 0.3) is 11.8 Å². The summed E-state index contributed by atoms with van der Waals surface area (Å²) in [6.45, 7) is 8.43. The van der Waals surface area contributed by atoms with Gasteiger partial charge in [-0.15, -0.1) is 11.3 Å². The van der Waals surface area contributed by atoms with Crippen LogP contribution in [-0.4, -0.2) is 15.5 Å². The topological polar surface area (TPSA) is 70.7 Å². The largest absolute Gasteiger partial charge is 0.318 e. The molecule has 148 valence electrons. The van der Waals surface area contributed by atoms with Crippen LogP contribution in [0.3, 0.4) is 0 Å². The van der Waals surface area contributed by atoms with Gasteiger partial charge in [-0.2, -0.15) is 5.26 Å². The fourth-order valence-corrected chi connectivity index (χ4v) is 3.80. The summed E-state index contributed by atoms with van der Waals surface area (Å²) in [5, 5.41) is 14.4. The fourth-order valence-electron chi connectivity index (χ4n) is 3.27. The Morgan fingerprint density at radius 1 is 1.34 bits per heavy atom. The first-order valence-electron chi connectivity index (χ1n) is 9.56. The van der Waals surface area contributed by atoms with Gasteiger partial charge >= 0.3 is 0 Å². The van der Waals surface area contributed by atoms with Gasteiger partial charge in [-0.1, -0.05) is 26.0 Å². The highest BCUT2D eigenvalue weighted by molar-refractivity contribution is 7.13. The second-order valence-corrected chi connectivity index (χ2v) is 7.92. The Bertz CT molecular complexity index is 1070. The highest BCUT2D eigenvalue weighted by Crippen LogP contribution is 2.25. The Kier molecular flexibility index (Phi) is 6.30. The molecule has 0 saturated carbocycles. The van der Waals surface area contributed by atoms with Gasteiger partial charge in [0.2, 0.25) is 0 Å². The first-order chi connectivity index (χ1) is 13.9. The molecule has 1 aromatic carbocycles. The normalized spacial score (nSPS) is 12.4. The number of aromatic nitrogens is 2. The molecule has 1 N–H and O–H groups in total. The predicted octanol–water partition coefficient (Wildman–Crippen LogP) is 5.61. The fraction of sp³-hybridized carbons (Fsp3) is 0.261. The summed E-state index contributed by atoms with van der Waals surface area (Å²) in [7, 11) is 0. The van der Waals surface area contributed by atoms with Crippen molar-refractivity contribution in [1.29, 1.82) is 5.26 Å². The molecular formula is C23H24N4OS. The van der Waals surface area contributed by atoms with Gasteiger partial charge in [-0.05, 0) is 61.6 Å². The Morgan fingerprint density at radius 3 is 2.66 bits per heavy atom. The summed E-state index contributed by atoms with van der Waals surface area (Å²) in [4.78, 5) is 16.4. The van der Waals surface area contributed by atoms with E-state index in [0.717, 1.165) is 29.1 Å². The number of hydrogen-bond acceptors (Lipinski definition) is 4. The summed E-state index contributed by atoms with van der Waals surface area (Å²) < 4.78 is 2.14. The maximum Gasteiger partial charge on any atom is 0.268 e. The lowest BCUT2D eigenvalue weighted by molar-refractivity contribution is -0.112. The molecule has 29 heavy (non-hydrogen) atoms. The molecule has 3 rings (SSSR count). The minimum absolute atomic E-state index is 0.0487. The Hall–Kier alpha value is -3.17. The van der Waals surface area contributed by atoms with Crippen molar-refractivity contribution in [3.8, 4) is 11.8 Å². The van der Waals surface area contributed by atoms with Crippen molar-refractivity contribution in [2.24, 2.45) is 0 Å². The van der Waals surface area contributed by atoms with Crippen LogP contribution in [0.4, 0.5) is 5.13 Å². The maximum atomic E-state index is 12.4. The number of aryl methyl sites for hydroxylation is 1. The number of hydrogen-bond donors (Lipinski definition) is 1. The van der Waals surface area contributed by atoms with Gasteiger partial charge in [-0.3, -0.25) is 10.1 Å². The Labute approximate surface area is 175 Å². The van der Waals surface area contributed by atoms with Crippen LogP contribution in [0.2, 0.25) is 0 Å². The van der Waals surface area contributed by atoms with E-state index in [1.54, 1.807) is 17.7 Å². The third-order valence-corrected chi connectivity index (χ3v) is 5.81. The minimum atomic E-state index is -0.454. The number of carbonyl (C=O) groups is 1. The van der Waals surface area contributed by atoms with Crippen molar-refractivity contribution in [2.75, 3.05) is 5.32 Å². The number of anilines is 1. The van der Waals surface area contributed by atoms with Crippen LogP contribution < -0.4 is 5.32 Å². The number of nitriles is 1. The highest BCUT2D eigenvalue weighted by Gasteiger charge is 2.15. The molecule has 0 saturated heterocycles. The number of nitrogens with one attached hydrogen (secondary N) is 1. The zero-order chi connectivity index (χ0) is 21.0. The van der Waals surface area contributed by atoms with Crippen molar-refractivity contribution >= 4 is 28.5 Å². The van der Waals surface area contributed by atoms with Crippen LogP contribution in [0.1, 0.15) is 48.7 Å².